The second kappa shape index (κ2) is 11.6. The van der Waals surface area contributed by atoms with E-state index in [0.29, 0.717) is 19.6 Å². The van der Waals surface area contributed by atoms with Gasteiger partial charge in [-0.05, 0) is 83.8 Å². The Kier molecular flexibility index (Phi) is 8.63. The molecule has 3 rings (SSSR count). The molecule has 0 aliphatic rings. The van der Waals surface area contributed by atoms with Gasteiger partial charge in [-0.15, -0.1) is 0 Å². The third kappa shape index (κ3) is 5.46. The first-order valence-electron chi connectivity index (χ1n) is 11.2. The lowest BCUT2D eigenvalue weighted by molar-refractivity contribution is -0.133. The maximum atomic E-state index is 12.7. The highest BCUT2D eigenvalue weighted by Gasteiger charge is 2.35. The van der Waals surface area contributed by atoms with Crippen LogP contribution in [0.4, 0.5) is 0 Å². The van der Waals surface area contributed by atoms with E-state index in [1.165, 1.54) is 0 Å². The Labute approximate surface area is 193 Å². The molecule has 0 fully saturated rings. The average Bonchev–Trinajstić information content (AvgIpc) is 2.86. The van der Waals surface area contributed by atoms with E-state index >= 15 is 0 Å². The molecular formula is C27H32O4S. The van der Waals surface area contributed by atoms with Gasteiger partial charge in [0.2, 0.25) is 0 Å². The molecule has 32 heavy (non-hydrogen) atoms. The van der Waals surface area contributed by atoms with Gasteiger partial charge < -0.3 is 13.7 Å². The first-order chi connectivity index (χ1) is 15.6. The van der Waals surface area contributed by atoms with Gasteiger partial charge >= 0.3 is 5.97 Å². The highest BCUT2D eigenvalue weighted by molar-refractivity contribution is 8.30. The lowest BCUT2D eigenvalue weighted by atomic mass is 10.3. The predicted octanol–water partition coefficient (Wildman–Crippen LogP) is 7.41. The Bertz CT molecular complexity index is 917. The van der Waals surface area contributed by atoms with Crippen LogP contribution in [-0.4, -0.2) is 19.2 Å². The zero-order chi connectivity index (χ0) is 22.8. The van der Waals surface area contributed by atoms with Gasteiger partial charge in [0.25, 0.3) is 0 Å². The van der Waals surface area contributed by atoms with Crippen LogP contribution in [0.1, 0.15) is 40.0 Å². The highest BCUT2D eigenvalue weighted by Crippen LogP contribution is 2.69. The SMILES string of the molecule is CCCOc1ccc(S(OC(=O)CC)(c2ccccc2)c2ccc(OCCC)cc2)cc1. The van der Waals surface area contributed by atoms with Crippen LogP contribution < -0.4 is 9.47 Å². The Morgan fingerprint density at radius 2 is 1.09 bits per heavy atom. The van der Waals surface area contributed by atoms with Gasteiger partial charge in [0.15, 0.2) is 0 Å². The third-order valence-electron chi connectivity index (χ3n) is 4.84. The van der Waals surface area contributed by atoms with Crippen LogP contribution in [0.15, 0.2) is 93.5 Å². The lowest BCUT2D eigenvalue weighted by Crippen LogP contribution is -2.13. The van der Waals surface area contributed by atoms with Crippen LogP contribution in [0.3, 0.4) is 0 Å². The maximum absolute atomic E-state index is 12.7. The number of carbonyl (C=O) groups is 1. The topological polar surface area (TPSA) is 44.8 Å². The van der Waals surface area contributed by atoms with E-state index in [2.05, 4.69) is 13.8 Å². The molecule has 0 heterocycles. The van der Waals surface area contributed by atoms with E-state index in [9.17, 15) is 4.79 Å². The molecule has 0 bridgehead atoms. The second-order valence-electron chi connectivity index (χ2n) is 7.32. The summed E-state index contributed by atoms with van der Waals surface area (Å²) in [5, 5.41) is 0. The number of hydrogen-bond acceptors (Lipinski definition) is 4. The normalized spacial score (nSPS) is 11.6. The van der Waals surface area contributed by atoms with Crippen LogP contribution in [0.2, 0.25) is 0 Å². The predicted molar refractivity (Wildman–Crippen MR) is 130 cm³/mol. The van der Waals surface area contributed by atoms with Gasteiger partial charge in [-0.1, -0.05) is 39.0 Å². The Hall–Kier alpha value is -2.92. The molecule has 3 aromatic carbocycles. The van der Waals surface area contributed by atoms with Gasteiger partial charge in [-0.2, -0.15) is 0 Å². The molecule has 3 aromatic rings. The minimum Gasteiger partial charge on any atom is -0.494 e. The maximum Gasteiger partial charge on any atom is 0.316 e. The minimum absolute atomic E-state index is 0.235. The van der Waals surface area contributed by atoms with Gasteiger partial charge in [0.05, 0.1) is 13.2 Å². The van der Waals surface area contributed by atoms with E-state index in [1.807, 2.05) is 85.8 Å². The Morgan fingerprint density at radius 3 is 1.50 bits per heavy atom. The van der Waals surface area contributed by atoms with Crippen molar-refractivity contribution < 1.29 is 18.5 Å². The summed E-state index contributed by atoms with van der Waals surface area (Å²) in [6.45, 7) is 7.31. The molecule has 170 valence electrons. The van der Waals surface area contributed by atoms with Crippen molar-refractivity contribution in [1.29, 1.82) is 0 Å². The standard InChI is InChI=1S/C27H32O4S/c1-4-20-29-22-12-16-25(17-13-22)32(31-27(28)6-3,24-10-8-7-9-11-24)26-18-14-23(15-19-26)30-21-5-2/h7-19H,4-6,20-21H2,1-3H3. The molecule has 0 spiro atoms. The molecule has 0 N–H and O–H groups in total. The van der Waals surface area contributed by atoms with Crippen molar-refractivity contribution in [1.82, 2.24) is 0 Å². The number of benzene rings is 3. The van der Waals surface area contributed by atoms with Crippen molar-refractivity contribution in [2.24, 2.45) is 0 Å². The summed E-state index contributed by atoms with van der Waals surface area (Å²) in [4.78, 5) is 15.6. The summed E-state index contributed by atoms with van der Waals surface area (Å²) in [6.07, 6.45) is 2.19. The summed E-state index contributed by atoms with van der Waals surface area (Å²) >= 11 is 0. The minimum atomic E-state index is -2.28. The monoisotopic (exact) mass is 452 g/mol. The van der Waals surface area contributed by atoms with Crippen LogP contribution in [0, 0.1) is 0 Å². The average molecular weight is 453 g/mol. The fraction of sp³-hybridized carbons (Fsp3) is 0.296. The smallest absolute Gasteiger partial charge is 0.316 e. The number of carbonyl (C=O) groups excluding carboxylic acids is 1. The van der Waals surface area contributed by atoms with Crippen LogP contribution in [-0.2, 0) is 8.98 Å². The molecule has 0 aromatic heterocycles. The molecule has 4 nitrogen and oxygen atoms in total. The van der Waals surface area contributed by atoms with Crippen molar-refractivity contribution in [2.75, 3.05) is 13.2 Å². The number of ether oxygens (including phenoxy) is 2. The fourth-order valence-corrected chi connectivity index (χ4v) is 6.34. The number of hydrogen-bond donors (Lipinski definition) is 0. The van der Waals surface area contributed by atoms with Crippen molar-refractivity contribution in [2.45, 2.75) is 54.7 Å². The molecule has 0 saturated carbocycles. The van der Waals surface area contributed by atoms with Crippen molar-refractivity contribution in [3.8, 4) is 11.5 Å². The molecule has 5 heteroatoms. The summed E-state index contributed by atoms with van der Waals surface area (Å²) in [6, 6.07) is 25.8. The largest absolute Gasteiger partial charge is 0.494 e. The molecule has 0 aliphatic heterocycles. The molecule has 0 amide bonds. The summed E-state index contributed by atoms with van der Waals surface area (Å²) < 4.78 is 17.9. The first-order valence-corrected chi connectivity index (χ1v) is 12.8. The van der Waals surface area contributed by atoms with E-state index in [-0.39, 0.29) is 5.97 Å². The van der Waals surface area contributed by atoms with Crippen LogP contribution >= 0.6 is 10.3 Å². The highest BCUT2D eigenvalue weighted by atomic mass is 32.3. The second-order valence-corrected chi connectivity index (χ2v) is 10.0. The Balaban J connectivity index is 2.14. The molecule has 0 unspecified atom stereocenters. The third-order valence-corrected chi connectivity index (χ3v) is 8.08. The van der Waals surface area contributed by atoms with E-state index in [0.717, 1.165) is 39.0 Å². The fourth-order valence-electron chi connectivity index (χ4n) is 3.26. The molecule has 0 atom stereocenters. The first kappa shape index (κ1) is 23.7. The molecule has 0 saturated heterocycles. The van der Waals surface area contributed by atoms with E-state index < -0.39 is 10.3 Å². The number of rotatable bonds is 11. The molecular weight excluding hydrogens is 420 g/mol. The lowest BCUT2D eigenvalue weighted by Gasteiger charge is -2.39. The molecule has 0 radical (unpaired) electrons. The Morgan fingerprint density at radius 1 is 0.656 bits per heavy atom. The van der Waals surface area contributed by atoms with Gasteiger partial charge in [-0.3, -0.25) is 4.79 Å². The zero-order valence-electron chi connectivity index (χ0n) is 19.1. The van der Waals surface area contributed by atoms with Crippen molar-refractivity contribution in [3.05, 3.63) is 78.9 Å². The molecule has 0 aliphatic carbocycles. The van der Waals surface area contributed by atoms with E-state index in [1.54, 1.807) is 0 Å². The van der Waals surface area contributed by atoms with Crippen molar-refractivity contribution in [3.63, 3.8) is 0 Å². The van der Waals surface area contributed by atoms with Gasteiger partial charge in [0.1, 0.15) is 11.5 Å². The van der Waals surface area contributed by atoms with Gasteiger partial charge in [0, 0.05) is 21.1 Å². The van der Waals surface area contributed by atoms with Gasteiger partial charge in [-0.25, -0.2) is 0 Å². The van der Waals surface area contributed by atoms with Crippen molar-refractivity contribution >= 4 is 16.3 Å². The van der Waals surface area contributed by atoms with Crippen LogP contribution in [0.5, 0.6) is 11.5 Å². The van der Waals surface area contributed by atoms with Crippen LogP contribution in [0.25, 0.3) is 0 Å². The summed E-state index contributed by atoms with van der Waals surface area (Å²) in [5.41, 5.74) is 0. The zero-order valence-corrected chi connectivity index (χ0v) is 19.9. The summed E-state index contributed by atoms with van der Waals surface area (Å²) in [7, 11) is -2.28. The summed E-state index contributed by atoms with van der Waals surface area (Å²) in [5.74, 6) is 1.38. The van der Waals surface area contributed by atoms with E-state index in [4.69, 9.17) is 13.7 Å². The quantitative estimate of drug-likeness (QED) is 0.304.